The van der Waals surface area contributed by atoms with E-state index >= 15 is 0 Å². The van der Waals surface area contributed by atoms with Crippen molar-refractivity contribution in [1.29, 1.82) is 0 Å². The quantitative estimate of drug-likeness (QED) is 0.539. The van der Waals surface area contributed by atoms with Crippen LogP contribution in [0.2, 0.25) is 0 Å². The number of carbonyl (C=O) groups excluding carboxylic acids is 1. The summed E-state index contributed by atoms with van der Waals surface area (Å²) >= 11 is 0. The normalized spacial score (nSPS) is 11.3. The minimum atomic E-state index is -4.40. The Hall–Kier alpha value is -3.35. The van der Waals surface area contributed by atoms with E-state index in [1.807, 2.05) is 0 Å². The monoisotopic (exact) mass is 386 g/mol. The first kappa shape index (κ1) is 19.4. The van der Waals surface area contributed by atoms with Gasteiger partial charge in [0.1, 0.15) is 6.54 Å². The number of amides is 1. The minimum absolute atomic E-state index is 0.0622. The van der Waals surface area contributed by atoms with Crippen molar-refractivity contribution in [3.05, 3.63) is 94.5 Å². The lowest BCUT2D eigenvalue weighted by atomic mass is 9.97. The van der Waals surface area contributed by atoms with Gasteiger partial charge in [-0.25, -0.2) is 0 Å². The van der Waals surface area contributed by atoms with Gasteiger partial charge >= 0.3 is 6.18 Å². The number of carbonyl (C=O) groups is 1. The third-order valence-corrected chi connectivity index (χ3v) is 4.32. The van der Waals surface area contributed by atoms with Crippen molar-refractivity contribution < 1.29 is 22.7 Å². The molecule has 0 fully saturated rings. The molecule has 1 N–H and O–H groups in total. The lowest BCUT2D eigenvalue weighted by Gasteiger charge is -2.12. The molecule has 7 heteroatoms. The number of hydrogen-bond donors (Lipinski definition) is 1. The van der Waals surface area contributed by atoms with Gasteiger partial charge in [-0.1, -0.05) is 18.2 Å². The van der Waals surface area contributed by atoms with Crippen LogP contribution in [0.25, 0.3) is 11.1 Å². The first-order chi connectivity index (χ1) is 13.3. The maximum absolute atomic E-state index is 12.8. The van der Waals surface area contributed by atoms with Gasteiger partial charge in [0.15, 0.2) is 6.20 Å². The van der Waals surface area contributed by atoms with E-state index in [-0.39, 0.29) is 12.5 Å². The molecule has 1 amide bonds. The van der Waals surface area contributed by atoms with Gasteiger partial charge in [-0.15, -0.1) is 0 Å². The Morgan fingerprint density at radius 2 is 1.86 bits per heavy atom. The Bertz CT molecular complexity index is 1020. The second kappa shape index (κ2) is 7.72. The molecule has 144 valence electrons. The number of aromatic nitrogens is 1. The van der Waals surface area contributed by atoms with Crippen LogP contribution in [0.3, 0.4) is 0 Å². The largest absolute Gasteiger partial charge is 0.618 e. The summed E-state index contributed by atoms with van der Waals surface area (Å²) in [5.41, 5.74) is 1.75. The van der Waals surface area contributed by atoms with E-state index in [1.54, 1.807) is 49.4 Å². The molecule has 0 radical (unpaired) electrons. The van der Waals surface area contributed by atoms with Gasteiger partial charge in [0.05, 0.1) is 5.56 Å². The molecule has 0 saturated heterocycles. The molecule has 0 aliphatic carbocycles. The third kappa shape index (κ3) is 4.31. The molecule has 1 aromatic heterocycles. The van der Waals surface area contributed by atoms with E-state index < -0.39 is 11.7 Å². The molecule has 0 atom stereocenters. The number of pyridine rings is 1. The molecule has 0 unspecified atom stereocenters. The minimum Gasteiger partial charge on any atom is -0.618 e. The summed E-state index contributed by atoms with van der Waals surface area (Å²) in [6.07, 6.45) is -3.06. The molecular weight excluding hydrogens is 369 g/mol. The van der Waals surface area contributed by atoms with Crippen molar-refractivity contribution in [2.45, 2.75) is 19.6 Å². The summed E-state index contributed by atoms with van der Waals surface area (Å²) in [7, 11) is 0. The van der Waals surface area contributed by atoms with Crippen molar-refractivity contribution >= 4 is 5.91 Å². The average molecular weight is 386 g/mol. The number of nitrogens with zero attached hydrogens (tertiary/aromatic N) is 1. The number of hydrogen-bond acceptors (Lipinski definition) is 2. The molecular formula is C21H17F3N2O2. The van der Waals surface area contributed by atoms with Crippen molar-refractivity contribution in [2.24, 2.45) is 0 Å². The van der Waals surface area contributed by atoms with Gasteiger partial charge in [-0.3, -0.25) is 4.79 Å². The van der Waals surface area contributed by atoms with Gasteiger partial charge in [0.25, 0.3) is 5.91 Å². The summed E-state index contributed by atoms with van der Waals surface area (Å²) in [5, 5.41) is 14.3. The number of halogens is 3. The lowest BCUT2D eigenvalue weighted by molar-refractivity contribution is -0.614. The Kier molecular flexibility index (Phi) is 5.35. The van der Waals surface area contributed by atoms with Crippen LogP contribution in [0, 0.1) is 12.1 Å². The summed E-state index contributed by atoms with van der Waals surface area (Å²) in [4.78, 5) is 12.4. The summed E-state index contributed by atoms with van der Waals surface area (Å²) in [6.45, 7) is 1.66. The van der Waals surface area contributed by atoms with Crippen LogP contribution >= 0.6 is 0 Å². The van der Waals surface area contributed by atoms with Crippen LogP contribution in [0.15, 0.2) is 66.9 Å². The number of aryl methyl sites for hydroxylation is 1. The van der Waals surface area contributed by atoms with Crippen LogP contribution in [0.1, 0.15) is 27.2 Å². The van der Waals surface area contributed by atoms with E-state index in [9.17, 15) is 23.2 Å². The van der Waals surface area contributed by atoms with Gasteiger partial charge < -0.3 is 10.5 Å². The molecule has 0 bridgehead atoms. The zero-order valence-corrected chi connectivity index (χ0v) is 15.0. The summed E-state index contributed by atoms with van der Waals surface area (Å²) in [6, 6.07) is 15.0. The highest BCUT2D eigenvalue weighted by Crippen LogP contribution is 2.33. The molecule has 1 heterocycles. The maximum atomic E-state index is 12.8. The molecule has 3 aromatic rings. The zero-order chi connectivity index (χ0) is 20.3. The maximum Gasteiger partial charge on any atom is 0.416 e. The van der Waals surface area contributed by atoms with Crippen LogP contribution < -0.4 is 10.0 Å². The van der Waals surface area contributed by atoms with E-state index in [0.717, 1.165) is 12.1 Å². The standard InChI is InChI=1S/C21H17F3N2O2/c1-14-11-17(21(22,23)24)8-9-19(14)15-5-4-6-16(12-15)20(27)25-13-18-7-2-3-10-26(18)28/h2-12H,13H2,1H3,(H,25,27). The van der Waals surface area contributed by atoms with Gasteiger partial charge in [-0.05, 0) is 53.9 Å². The number of nitrogens with one attached hydrogen (secondary N) is 1. The zero-order valence-electron chi connectivity index (χ0n) is 15.0. The Balaban J connectivity index is 1.80. The highest BCUT2D eigenvalue weighted by Gasteiger charge is 2.30. The van der Waals surface area contributed by atoms with E-state index in [1.165, 1.54) is 12.3 Å². The van der Waals surface area contributed by atoms with E-state index in [4.69, 9.17) is 0 Å². The van der Waals surface area contributed by atoms with Crippen molar-refractivity contribution in [2.75, 3.05) is 0 Å². The fourth-order valence-corrected chi connectivity index (χ4v) is 2.87. The smallest absolute Gasteiger partial charge is 0.416 e. The third-order valence-electron chi connectivity index (χ3n) is 4.32. The molecule has 4 nitrogen and oxygen atoms in total. The Morgan fingerprint density at radius 3 is 2.54 bits per heavy atom. The molecule has 0 aliphatic rings. The topological polar surface area (TPSA) is 56.0 Å². The lowest BCUT2D eigenvalue weighted by Crippen LogP contribution is -2.35. The first-order valence-electron chi connectivity index (χ1n) is 8.49. The number of benzene rings is 2. The van der Waals surface area contributed by atoms with Crippen LogP contribution in [-0.2, 0) is 12.7 Å². The number of rotatable bonds is 4. The van der Waals surface area contributed by atoms with Crippen molar-refractivity contribution in [3.63, 3.8) is 0 Å². The Morgan fingerprint density at radius 1 is 1.07 bits per heavy atom. The van der Waals surface area contributed by atoms with Gasteiger partial charge in [0.2, 0.25) is 5.69 Å². The second-order valence-corrected chi connectivity index (χ2v) is 6.31. The second-order valence-electron chi connectivity index (χ2n) is 6.31. The molecule has 0 saturated carbocycles. The molecule has 2 aromatic carbocycles. The predicted octanol–water partition coefficient (Wildman–Crippen LogP) is 4.24. The van der Waals surface area contributed by atoms with Crippen LogP contribution in [0.5, 0.6) is 0 Å². The predicted molar refractivity (Wildman–Crippen MR) is 98.2 cm³/mol. The number of alkyl halides is 3. The van der Waals surface area contributed by atoms with Crippen molar-refractivity contribution in [1.82, 2.24) is 5.32 Å². The first-order valence-corrected chi connectivity index (χ1v) is 8.49. The highest BCUT2D eigenvalue weighted by molar-refractivity contribution is 5.95. The van der Waals surface area contributed by atoms with Gasteiger partial charge in [-0.2, -0.15) is 17.9 Å². The molecule has 0 aliphatic heterocycles. The van der Waals surface area contributed by atoms with E-state index in [2.05, 4.69) is 5.32 Å². The van der Waals surface area contributed by atoms with Crippen LogP contribution in [0.4, 0.5) is 13.2 Å². The fourth-order valence-electron chi connectivity index (χ4n) is 2.87. The van der Waals surface area contributed by atoms with Crippen molar-refractivity contribution in [3.8, 4) is 11.1 Å². The fraction of sp³-hybridized carbons (Fsp3) is 0.143. The van der Waals surface area contributed by atoms with Gasteiger partial charge in [0, 0.05) is 17.7 Å². The molecule has 28 heavy (non-hydrogen) atoms. The summed E-state index contributed by atoms with van der Waals surface area (Å²) < 4.78 is 39.2. The average Bonchev–Trinajstić information content (AvgIpc) is 2.66. The molecule has 0 spiro atoms. The van der Waals surface area contributed by atoms with Crippen LogP contribution in [-0.4, -0.2) is 5.91 Å². The highest BCUT2D eigenvalue weighted by atomic mass is 19.4. The SMILES string of the molecule is Cc1cc(C(F)(F)F)ccc1-c1cccc(C(=O)NCc2cccc[n+]2[O-])c1. The molecule has 3 rings (SSSR count). The Labute approximate surface area is 159 Å². The van der Waals surface area contributed by atoms with E-state index in [0.29, 0.717) is 32.7 Å². The summed E-state index contributed by atoms with van der Waals surface area (Å²) in [5.74, 6) is -0.379.